The molecule has 1 amide bonds. The number of benzene rings is 1. The Balaban J connectivity index is 1.61. The number of likely N-dealkylation sites (tertiary alicyclic amines) is 1. The largest absolute Gasteiger partial charge is 0.376 e. The van der Waals surface area contributed by atoms with E-state index in [2.05, 4.69) is 15.3 Å². The van der Waals surface area contributed by atoms with Gasteiger partial charge in [-0.15, -0.1) is 0 Å². The highest BCUT2D eigenvalue weighted by Gasteiger charge is 2.14. The van der Waals surface area contributed by atoms with Crippen LogP contribution in [0.15, 0.2) is 36.5 Å². The summed E-state index contributed by atoms with van der Waals surface area (Å²) in [6, 6.07) is 9.92. The van der Waals surface area contributed by atoms with Gasteiger partial charge in [-0.1, -0.05) is 31.4 Å². The summed E-state index contributed by atoms with van der Waals surface area (Å²) >= 11 is 0. The van der Waals surface area contributed by atoms with Gasteiger partial charge in [0.05, 0.1) is 12.2 Å². The Kier molecular flexibility index (Phi) is 5.99. The van der Waals surface area contributed by atoms with Crippen LogP contribution in [0.5, 0.6) is 0 Å². The monoisotopic (exact) mass is 338 g/mol. The molecule has 1 saturated heterocycles. The molecule has 0 saturated carbocycles. The van der Waals surface area contributed by atoms with Crippen LogP contribution in [0.3, 0.4) is 0 Å². The lowest BCUT2D eigenvalue weighted by atomic mass is 10.1. The molecule has 0 unspecified atom stereocenters. The van der Waals surface area contributed by atoms with E-state index in [1.807, 2.05) is 42.2 Å². The summed E-state index contributed by atoms with van der Waals surface area (Å²) in [5, 5.41) is 3.27. The number of hydrogen-bond donors (Lipinski definition) is 1. The van der Waals surface area contributed by atoms with E-state index in [4.69, 9.17) is 0 Å². The molecule has 1 N–H and O–H groups in total. The lowest BCUT2D eigenvalue weighted by Crippen LogP contribution is -2.37. The fourth-order valence-corrected chi connectivity index (χ4v) is 3.19. The number of hydrogen-bond acceptors (Lipinski definition) is 4. The summed E-state index contributed by atoms with van der Waals surface area (Å²) in [6.07, 6.45) is 7.77. The Hall–Kier alpha value is -2.43. The van der Waals surface area contributed by atoms with Gasteiger partial charge in [0.2, 0.25) is 5.91 Å². The zero-order chi connectivity index (χ0) is 17.5. The van der Waals surface area contributed by atoms with Crippen molar-refractivity contribution in [2.24, 2.45) is 0 Å². The highest BCUT2D eigenvalue weighted by atomic mass is 16.2. The zero-order valence-corrected chi connectivity index (χ0v) is 14.9. The van der Waals surface area contributed by atoms with Crippen molar-refractivity contribution in [2.75, 3.05) is 25.0 Å². The van der Waals surface area contributed by atoms with E-state index in [0.29, 0.717) is 6.54 Å². The average Bonchev–Trinajstić information content (AvgIpc) is 2.60. The Bertz CT molecular complexity index is 708. The van der Waals surface area contributed by atoms with Crippen molar-refractivity contribution in [1.82, 2.24) is 14.9 Å². The molecule has 2 heterocycles. The summed E-state index contributed by atoms with van der Waals surface area (Å²) in [6.45, 7) is 4.00. The topological polar surface area (TPSA) is 58.1 Å². The molecule has 3 rings (SSSR count). The average molecular weight is 338 g/mol. The summed E-state index contributed by atoms with van der Waals surface area (Å²) in [5.74, 6) is 0.938. The Morgan fingerprint density at radius 1 is 1.12 bits per heavy atom. The Morgan fingerprint density at radius 2 is 1.88 bits per heavy atom. The first-order valence-electron chi connectivity index (χ1n) is 9.14. The van der Waals surface area contributed by atoms with Crippen LogP contribution in [-0.4, -0.2) is 40.4 Å². The molecule has 0 atom stereocenters. The third-order valence-corrected chi connectivity index (χ3v) is 4.59. The third-order valence-electron chi connectivity index (χ3n) is 4.59. The number of rotatable bonds is 4. The summed E-state index contributed by atoms with van der Waals surface area (Å²) in [5.41, 5.74) is 2.86. The van der Waals surface area contributed by atoms with Crippen molar-refractivity contribution < 1.29 is 4.79 Å². The van der Waals surface area contributed by atoms with Gasteiger partial charge >= 0.3 is 0 Å². The van der Waals surface area contributed by atoms with Crippen molar-refractivity contribution in [3.63, 3.8) is 0 Å². The SMILES string of the molecule is Cc1nccc(-c2cccc(NCC(=O)N3CCCCCCC3)c2)n1. The van der Waals surface area contributed by atoms with Gasteiger partial charge in [0.25, 0.3) is 0 Å². The maximum Gasteiger partial charge on any atom is 0.241 e. The molecule has 1 aromatic heterocycles. The van der Waals surface area contributed by atoms with Crippen molar-refractivity contribution in [1.29, 1.82) is 0 Å². The molecule has 1 fully saturated rings. The first-order valence-corrected chi connectivity index (χ1v) is 9.14. The van der Waals surface area contributed by atoms with Crippen molar-refractivity contribution in [2.45, 2.75) is 39.0 Å². The maximum atomic E-state index is 12.5. The summed E-state index contributed by atoms with van der Waals surface area (Å²) in [7, 11) is 0. The number of nitrogens with one attached hydrogen (secondary N) is 1. The first-order chi connectivity index (χ1) is 12.2. The van der Waals surface area contributed by atoms with Gasteiger partial charge in [0.1, 0.15) is 5.82 Å². The molecule has 5 nitrogen and oxygen atoms in total. The highest BCUT2D eigenvalue weighted by Crippen LogP contribution is 2.20. The number of carbonyl (C=O) groups excluding carboxylic acids is 1. The molecule has 25 heavy (non-hydrogen) atoms. The van der Waals surface area contributed by atoms with Crippen molar-refractivity contribution >= 4 is 11.6 Å². The molecule has 132 valence electrons. The minimum atomic E-state index is 0.185. The van der Waals surface area contributed by atoms with E-state index in [9.17, 15) is 4.79 Å². The van der Waals surface area contributed by atoms with Crippen LogP contribution in [0.2, 0.25) is 0 Å². The minimum absolute atomic E-state index is 0.185. The third kappa shape index (κ3) is 5.02. The van der Waals surface area contributed by atoms with Crippen molar-refractivity contribution in [3.05, 3.63) is 42.4 Å². The van der Waals surface area contributed by atoms with Crippen LogP contribution in [0.4, 0.5) is 5.69 Å². The van der Waals surface area contributed by atoms with Gasteiger partial charge in [0, 0.05) is 30.5 Å². The molecule has 0 radical (unpaired) electrons. The van der Waals surface area contributed by atoms with Gasteiger partial charge in [-0.25, -0.2) is 9.97 Å². The molecular weight excluding hydrogens is 312 g/mol. The summed E-state index contributed by atoms with van der Waals surface area (Å²) in [4.78, 5) is 23.1. The Labute approximate surface area is 149 Å². The number of anilines is 1. The molecule has 2 aromatic rings. The predicted molar refractivity (Wildman–Crippen MR) is 100 cm³/mol. The van der Waals surface area contributed by atoms with Crippen LogP contribution >= 0.6 is 0 Å². The molecule has 1 aliphatic heterocycles. The smallest absolute Gasteiger partial charge is 0.241 e. The molecular formula is C20H26N4O. The van der Waals surface area contributed by atoms with E-state index in [1.54, 1.807) is 6.20 Å². The predicted octanol–water partition coefficient (Wildman–Crippen LogP) is 3.66. The van der Waals surface area contributed by atoms with Crippen LogP contribution in [0.1, 0.15) is 37.9 Å². The van der Waals surface area contributed by atoms with E-state index in [0.717, 1.165) is 48.7 Å². The Morgan fingerprint density at radius 3 is 2.64 bits per heavy atom. The fraction of sp³-hybridized carbons (Fsp3) is 0.450. The lowest BCUT2D eigenvalue weighted by Gasteiger charge is -2.25. The van der Waals surface area contributed by atoms with E-state index >= 15 is 0 Å². The van der Waals surface area contributed by atoms with E-state index in [-0.39, 0.29) is 5.91 Å². The number of carbonyl (C=O) groups is 1. The van der Waals surface area contributed by atoms with E-state index < -0.39 is 0 Å². The molecule has 1 aromatic carbocycles. The quantitative estimate of drug-likeness (QED) is 0.924. The highest BCUT2D eigenvalue weighted by molar-refractivity contribution is 5.81. The lowest BCUT2D eigenvalue weighted by molar-refractivity contribution is -0.129. The van der Waals surface area contributed by atoms with Gasteiger partial charge < -0.3 is 10.2 Å². The second-order valence-electron chi connectivity index (χ2n) is 6.57. The first kappa shape index (κ1) is 17.4. The van der Waals surface area contributed by atoms with Crippen LogP contribution < -0.4 is 5.32 Å². The van der Waals surface area contributed by atoms with Crippen molar-refractivity contribution in [3.8, 4) is 11.3 Å². The second kappa shape index (κ2) is 8.60. The molecule has 1 aliphatic rings. The maximum absolute atomic E-state index is 12.5. The van der Waals surface area contributed by atoms with Gasteiger partial charge in [0.15, 0.2) is 0 Å². The van der Waals surface area contributed by atoms with Gasteiger partial charge in [-0.3, -0.25) is 4.79 Å². The zero-order valence-electron chi connectivity index (χ0n) is 14.9. The fourth-order valence-electron chi connectivity index (χ4n) is 3.19. The second-order valence-corrected chi connectivity index (χ2v) is 6.57. The van der Waals surface area contributed by atoms with E-state index in [1.165, 1.54) is 19.3 Å². The van der Waals surface area contributed by atoms with Crippen LogP contribution in [0, 0.1) is 6.92 Å². The molecule has 0 bridgehead atoms. The standard InChI is InChI=1S/C20H26N4O/c1-16-21-11-10-19(23-16)17-8-7-9-18(14-17)22-15-20(25)24-12-5-3-2-4-6-13-24/h7-11,14,22H,2-6,12-13,15H2,1H3. The minimum Gasteiger partial charge on any atom is -0.376 e. The number of amides is 1. The number of nitrogens with zero attached hydrogens (tertiary/aromatic N) is 3. The van der Waals surface area contributed by atoms with Crippen LogP contribution in [0.25, 0.3) is 11.3 Å². The van der Waals surface area contributed by atoms with Gasteiger partial charge in [-0.2, -0.15) is 0 Å². The summed E-state index contributed by atoms with van der Waals surface area (Å²) < 4.78 is 0. The van der Waals surface area contributed by atoms with Crippen LogP contribution in [-0.2, 0) is 4.79 Å². The molecule has 0 aliphatic carbocycles. The normalized spacial score (nSPS) is 15.3. The number of aromatic nitrogens is 2. The molecule has 0 spiro atoms. The number of aryl methyl sites for hydroxylation is 1. The van der Waals surface area contributed by atoms with Gasteiger partial charge in [-0.05, 0) is 38.0 Å². The molecule has 5 heteroatoms.